The molecule has 1 nitrogen and oxygen atoms in total. The van der Waals surface area contributed by atoms with Crippen molar-refractivity contribution in [2.75, 3.05) is 0 Å². The number of rotatable bonds is 9. The van der Waals surface area contributed by atoms with Gasteiger partial charge in [-0.25, -0.2) is 0 Å². The minimum absolute atomic E-state index is 0.308. The lowest BCUT2D eigenvalue weighted by atomic mass is 9.74. The van der Waals surface area contributed by atoms with Crippen molar-refractivity contribution in [1.29, 1.82) is 0 Å². The zero-order valence-electron chi connectivity index (χ0n) is 27.2. The first-order valence-corrected chi connectivity index (χ1v) is 16.6. The summed E-state index contributed by atoms with van der Waals surface area (Å²) >= 11 is 0. The molecule has 1 heteroatoms. The molecule has 0 saturated carbocycles. The molecule has 46 heavy (non-hydrogen) atoms. The number of nitrogens with zero attached hydrogens (tertiary/aromatic N) is 1. The summed E-state index contributed by atoms with van der Waals surface area (Å²) in [5.41, 5.74) is 14.0. The molecule has 1 heterocycles. The largest absolute Gasteiger partial charge is 0.256 e. The average Bonchev–Trinajstić information content (AvgIpc) is 3.12. The summed E-state index contributed by atoms with van der Waals surface area (Å²) in [6.45, 7) is 6.77. The van der Waals surface area contributed by atoms with Crippen molar-refractivity contribution in [2.24, 2.45) is 5.92 Å². The summed E-state index contributed by atoms with van der Waals surface area (Å²) in [5.74, 6) is 0.793. The Balaban J connectivity index is 1.45. The van der Waals surface area contributed by atoms with Crippen molar-refractivity contribution in [1.82, 2.24) is 4.98 Å². The monoisotopic (exact) mass is 597 g/mol. The number of hydrogen-bond donors (Lipinski definition) is 0. The summed E-state index contributed by atoms with van der Waals surface area (Å²) < 4.78 is 0. The predicted octanol–water partition coefficient (Wildman–Crippen LogP) is 12.2. The van der Waals surface area contributed by atoms with Crippen LogP contribution in [0.25, 0.3) is 28.3 Å². The van der Waals surface area contributed by atoms with E-state index in [1.807, 2.05) is 6.07 Å². The van der Waals surface area contributed by atoms with E-state index in [-0.39, 0.29) is 0 Å². The van der Waals surface area contributed by atoms with E-state index in [4.69, 9.17) is 4.98 Å². The summed E-state index contributed by atoms with van der Waals surface area (Å²) in [7, 11) is 0. The normalized spacial score (nSPS) is 18.3. The van der Waals surface area contributed by atoms with E-state index >= 15 is 0 Å². The van der Waals surface area contributed by atoms with Crippen LogP contribution in [0.4, 0.5) is 0 Å². The average molecular weight is 598 g/mol. The Morgan fingerprint density at radius 3 is 2.33 bits per heavy atom. The zero-order valence-corrected chi connectivity index (χ0v) is 27.2. The molecule has 3 aromatic carbocycles. The van der Waals surface area contributed by atoms with Gasteiger partial charge in [-0.05, 0) is 82.7 Å². The quantitative estimate of drug-likeness (QED) is 0.175. The van der Waals surface area contributed by atoms with Crippen molar-refractivity contribution in [3.63, 3.8) is 0 Å². The van der Waals surface area contributed by atoms with Crippen LogP contribution in [0.2, 0.25) is 0 Å². The second-order valence-electron chi connectivity index (χ2n) is 12.2. The second kappa shape index (κ2) is 14.8. The SMILES string of the molecule is C/C=C(\C=C/c1ccccc1)c1ccc(/C(C2=C(C(CC)c3ccccc3-c3ccccc3)CC(C)C=C2)=C2\C=CC=CC2)cn1. The Labute approximate surface area is 275 Å². The maximum atomic E-state index is 5.05. The first-order valence-electron chi connectivity index (χ1n) is 16.6. The molecule has 1 aromatic heterocycles. The molecule has 0 bridgehead atoms. The van der Waals surface area contributed by atoms with Gasteiger partial charge in [-0.1, -0.05) is 165 Å². The van der Waals surface area contributed by atoms with E-state index in [0.29, 0.717) is 11.8 Å². The lowest BCUT2D eigenvalue weighted by Crippen LogP contribution is -2.13. The van der Waals surface area contributed by atoms with Crippen LogP contribution in [0, 0.1) is 5.92 Å². The smallest absolute Gasteiger partial charge is 0.0699 e. The van der Waals surface area contributed by atoms with Crippen molar-refractivity contribution < 1.29 is 0 Å². The predicted molar refractivity (Wildman–Crippen MR) is 198 cm³/mol. The Morgan fingerprint density at radius 2 is 1.63 bits per heavy atom. The molecule has 4 aromatic rings. The van der Waals surface area contributed by atoms with Gasteiger partial charge in [0, 0.05) is 17.7 Å². The minimum atomic E-state index is 0.308. The van der Waals surface area contributed by atoms with Crippen LogP contribution < -0.4 is 0 Å². The Bertz CT molecular complexity index is 1860. The Hall–Kier alpha value is -5.01. The van der Waals surface area contributed by atoms with Crippen LogP contribution in [0.1, 0.15) is 68.3 Å². The van der Waals surface area contributed by atoms with Gasteiger partial charge in [0.25, 0.3) is 0 Å². The van der Waals surface area contributed by atoms with Crippen LogP contribution in [0.15, 0.2) is 169 Å². The van der Waals surface area contributed by atoms with Gasteiger partial charge in [-0.15, -0.1) is 0 Å². The van der Waals surface area contributed by atoms with Gasteiger partial charge in [-0.3, -0.25) is 4.98 Å². The highest BCUT2D eigenvalue weighted by Crippen LogP contribution is 2.45. The van der Waals surface area contributed by atoms with E-state index < -0.39 is 0 Å². The molecule has 0 spiro atoms. The fourth-order valence-corrected chi connectivity index (χ4v) is 6.81. The molecule has 0 amide bonds. The molecule has 0 saturated heterocycles. The highest BCUT2D eigenvalue weighted by atomic mass is 14.7. The van der Waals surface area contributed by atoms with Gasteiger partial charge in [0.05, 0.1) is 5.69 Å². The Morgan fingerprint density at radius 1 is 0.870 bits per heavy atom. The van der Waals surface area contributed by atoms with Crippen LogP contribution in [-0.2, 0) is 0 Å². The fraction of sp³-hybridized carbons (Fsp3) is 0.178. The molecule has 228 valence electrons. The summed E-state index contributed by atoms with van der Waals surface area (Å²) in [6, 6.07) is 34.7. The van der Waals surface area contributed by atoms with E-state index in [0.717, 1.165) is 30.5 Å². The maximum Gasteiger partial charge on any atom is 0.0699 e. The Kier molecular flexibility index (Phi) is 10.0. The minimum Gasteiger partial charge on any atom is -0.256 e. The number of benzene rings is 3. The molecule has 6 rings (SSSR count). The molecule has 0 fully saturated rings. The molecule has 0 N–H and O–H groups in total. The van der Waals surface area contributed by atoms with Crippen LogP contribution in [-0.4, -0.2) is 4.98 Å². The van der Waals surface area contributed by atoms with Gasteiger partial charge >= 0.3 is 0 Å². The second-order valence-corrected chi connectivity index (χ2v) is 12.2. The summed E-state index contributed by atoms with van der Waals surface area (Å²) in [4.78, 5) is 5.05. The van der Waals surface area contributed by atoms with E-state index in [1.165, 1.54) is 50.1 Å². The maximum absolute atomic E-state index is 5.05. The molecular weight excluding hydrogens is 555 g/mol. The number of allylic oxidation sites excluding steroid dienone is 13. The number of pyridine rings is 1. The van der Waals surface area contributed by atoms with Crippen molar-refractivity contribution in [3.05, 3.63) is 191 Å². The van der Waals surface area contributed by atoms with Gasteiger partial charge in [0.15, 0.2) is 0 Å². The van der Waals surface area contributed by atoms with E-state index in [2.05, 4.69) is 173 Å². The number of hydrogen-bond acceptors (Lipinski definition) is 1. The summed E-state index contributed by atoms with van der Waals surface area (Å²) in [5, 5.41) is 0. The van der Waals surface area contributed by atoms with Crippen molar-refractivity contribution >= 4 is 17.2 Å². The lowest BCUT2D eigenvalue weighted by molar-refractivity contribution is 0.627. The highest BCUT2D eigenvalue weighted by molar-refractivity contribution is 5.88. The first kappa shape index (κ1) is 31.0. The molecule has 2 aliphatic rings. The van der Waals surface area contributed by atoms with Gasteiger partial charge in [0.1, 0.15) is 0 Å². The zero-order chi connectivity index (χ0) is 31.7. The molecule has 2 unspecified atom stereocenters. The molecule has 2 aliphatic carbocycles. The van der Waals surface area contributed by atoms with Gasteiger partial charge < -0.3 is 0 Å². The van der Waals surface area contributed by atoms with Crippen LogP contribution in [0.3, 0.4) is 0 Å². The lowest BCUT2D eigenvalue weighted by Gasteiger charge is -2.31. The molecule has 0 radical (unpaired) electrons. The summed E-state index contributed by atoms with van der Waals surface area (Å²) in [6.07, 6.45) is 25.2. The van der Waals surface area contributed by atoms with Gasteiger partial charge in [-0.2, -0.15) is 0 Å². The van der Waals surface area contributed by atoms with E-state index in [9.17, 15) is 0 Å². The molecular formula is C45H43N. The third-order valence-corrected chi connectivity index (χ3v) is 9.12. The third-order valence-electron chi connectivity index (χ3n) is 9.12. The molecule has 2 atom stereocenters. The first-order chi connectivity index (χ1) is 22.7. The van der Waals surface area contributed by atoms with E-state index in [1.54, 1.807) is 0 Å². The standard InChI is InChI=1S/C45H43N/c1-4-35(27-26-34-17-9-6-10-18-34)44-30-28-38(32-46-44)45(37-21-13-8-14-22-37)42-29-25-33(3)31-43(42)39(5-2)41-24-16-15-23-40(41)36-19-11-7-12-20-36/h4,6-21,23-30,32-33,39H,5,22,31H2,1-3H3/b27-26-,35-4+,45-37-. The van der Waals surface area contributed by atoms with Crippen molar-refractivity contribution in [3.8, 4) is 11.1 Å². The van der Waals surface area contributed by atoms with Crippen LogP contribution >= 0.6 is 0 Å². The topological polar surface area (TPSA) is 12.9 Å². The van der Waals surface area contributed by atoms with Gasteiger partial charge in [0.2, 0.25) is 0 Å². The molecule has 0 aliphatic heterocycles. The third kappa shape index (κ3) is 6.95. The highest BCUT2D eigenvalue weighted by Gasteiger charge is 2.27. The number of aromatic nitrogens is 1. The van der Waals surface area contributed by atoms with Crippen molar-refractivity contribution in [2.45, 2.75) is 46.0 Å². The fourth-order valence-electron chi connectivity index (χ4n) is 6.81. The van der Waals surface area contributed by atoms with Crippen LogP contribution in [0.5, 0.6) is 0 Å².